The van der Waals surface area contributed by atoms with Crippen molar-refractivity contribution in [1.82, 2.24) is 48.3 Å². The van der Waals surface area contributed by atoms with Gasteiger partial charge in [-0.05, 0) is 138 Å². The second-order valence-corrected chi connectivity index (χ2v) is 20.5. The van der Waals surface area contributed by atoms with Gasteiger partial charge < -0.3 is 14.2 Å². The molecule has 0 bridgehead atoms. The Balaban J connectivity index is 1.06. The van der Waals surface area contributed by atoms with Crippen LogP contribution in [0.3, 0.4) is 0 Å². The number of hydrogen-bond acceptors (Lipinski definition) is 8. The van der Waals surface area contributed by atoms with Crippen LogP contribution in [0.1, 0.15) is 116 Å². The van der Waals surface area contributed by atoms with E-state index in [0.29, 0.717) is 70.4 Å². The highest BCUT2D eigenvalue weighted by Gasteiger charge is 2.59. The molecule has 2 aliphatic heterocycles. The summed E-state index contributed by atoms with van der Waals surface area (Å²) < 4.78 is 50.9. The maximum atomic E-state index is 16.3. The van der Waals surface area contributed by atoms with E-state index in [1.54, 1.807) is 60.7 Å². The molecule has 1 spiro atoms. The van der Waals surface area contributed by atoms with E-state index in [1.807, 2.05) is 22.5 Å². The number of aromatic nitrogens is 9. The lowest BCUT2D eigenvalue weighted by molar-refractivity contribution is -0.0592. The number of carbonyl (C=O) groups is 1. The van der Waals surface area contributed by atoms with E-state index in [-0.39, 0.29) is 46.8 Å². The number of hydrogen-bond donors (Lipinski definition) is 1. The summed E-state index contributed by atoms with van der Waals surface area (Å²) in [4.78, 5) is 48.3. The molecular weight excluding hydrogens is 883 g/mol. The highest BCUT2D eigenvalue weighted by Crippen LogP contribution is 2.57. The highest BCUT2D eigenvalue weighted by molar-refractivity contribution is 6.00. The molecule has 17 heteroatoms. The number of aromatic amines is 1. The minimum atomic E-state index is -0.880. The normalized spacial score (nSPS) is 24.0. The number of fused-ring (bicyclic) bond motifs is 4. The average molecular weight is 935 g/mol. The Kier molecular flexibility index (Phi) is 9.34. The molecule has 5 aromatic heterocycles. The molecule has 8 aromatic rings. The van der Waals surface area contributed by atoms with Gasteiger partial charge in [0, 0.05) is 49.1 Å². The Hall–Kier alpha value is -7.14. The Morgan fingerprint density at radius 2 is 1.70 bits per heavy atom. The fourth-order valence-electron chi connectivity index (χ4n) is 12.0. The monoisotopic (exact) mass is 934 g/mol. The second kappa shape index (κ2) is 14.9. The predicted octanol–water partition coefficient (Wildman–Crippen LogP) is 8.49. The van der Waals surface area contributed by atoms with Crippen molar-refractivity contribution in [1.29, 1.82) is 0 Å². The van der Waals surface area contributed by atoms with Crippen LogP contribution < -0.4 is 11.4 Å². The number of rotatable bonds is 7. The first kappa shape index (κ1) is 43.2. The van der Waals surface area contributed by atoms with Crippen LogP contribution in [-0.4, -0.2) is 73.0 Å². The molecule has 4 aliphatic rings. The first-order chi connectivity index (χ1) is 33.0. The Morgan fingerprint density at radius 1 is 0.942 bits per heavy atom. The lowest BCUT2D eigenvalue weighted by atomic mass is 9.76. The Bertz CT molecular complexity index is 3600. The van der Waals surface area contributed by atoms with Crippen LogP contribution in [0.15, 0.2) is 93.4 Å². The molecule has 3 aromatic carbocycles. The number of benzene rings is 3. The Labute approximate surface area is 394 Å². The number of aryl methyl sites for hydroxylation is 3. The molecule has 2 aliphatic carbocycles. The van der Waals surface area contributed by atoms with Crippen LogP contribution >= 0.6 is 0 Å². The molecule has 1 amide bonds. The quantitative estimate of drug-likeness (QED) is 0.156. The summed E-state index contributed by atoms with van der Waals surface area (Å²) >= 11 is 0. The van der Waals surface area contributed by atoms with Crippen LogP contribution in [0.25, 0.3) is 39.0 Å². The number of ether oxygens (including phenoxy) is 1. The molecule has 12 rings (SSSR count). The smallest absolute Gasteiger partial charge is 0.376 e. The van der Waals surface area contributed by atoms with Gasteiger partial charge in [-0.3, -0.25) is 28.1 Å². The summed E-state index contributed by atoms with van der Waals surface area (Å²) in [7, 11) is 1.72. The SMILES string of the molecule is Cc1cc(-n2nc3c(c2-n2ccn(-c4ccc5c(cnn5C)c4F)c2=O)[C@H](C)N(C(=O)c2cc4cc([C@H]5CCOC(C)(C)C5)ccc4n2[C@@]2(c4noc(=O)[nH]4)C[C@@H]2C)CC32C=CCC2)cc(C)c1F. The van der Waals surface area contributed by atoms with E-state index >= 15 is 13.6 Å². The second-order valence-electron chi connectivity index (χ2n) is 20.5. The fraction of sp³-hybridized carbons (Fsp3) is 0.385. The third-order valence-corrected chi connectivity index (χ3v) is 15.7. The van der Waals surface area contributed by atoms with E-state index in [2.05, 4.69) is 66.4 Å². The molecular formula is C52H52F2N10O5. The van der Waals surface area contributed by atoms with E-state index < -0.39 is 34.3 Å². The third kappa shape index (κ3) is 6.31. The van der Waals surface area contributed by atoms with Crippen molar-refractivity contribution in [2.45, 2.75) is 102 Å². The summed E-state index contributed by atoms with van der Waals surface area (Å²) in [6, 6.07) is 14.4. The molecule has 1 saturated heterocycles. The van der Waals surface area contributed by atoms with Crippen molar-refractivity contribution in [3.8, 4) is 17.2 Å². The number of nitrogens with zero attached hydrogens (tertiary/aromatic N) is 9. The minimum Gasteiger partial charge on any atom is -0.376 e. The summed E-state index contributed by atoms with van der Waals surface area (Å²) in [5, 5.41) is 14.9. The van der Waals surface area contributed by atoms with Gasteiger partial charge in [-0.15, -0.1) is 0 Å². The third-order valence-electron chi connectivity index (χ3n) is 15.7. The molecule has 0 radical (unpaired) electrons. The molecule has 5 atom stereocenters. The largest absolute Gasteiger partial charge is 0.438 e. The van der Waals surface area contributed by atoms with E-state index in [4.69, 9.17) is 14.4 Å². The predicted molar refractivity (Wildman–Crippen MR) is 254 cm³/mol. The van der Waals surface area contributed by atoms with Crippen LogP contribution in [0, 0.1) is 31.4 Å². The first-order valence-corrected chi connectivity index (χ1v) is 23.7. The van der Waals surface area contributed by atoms with E-state index in [1.165, 1.54) is 21.5 Å². The number of halogens is 2. The zero-order valence-electron chi connectivity index (χ0n) is 39.5. The number of H-pyrrole nitrogens is 1. The topological polar surface area (TPSA) is 156 Å². The number of amides is 1. The molecule has 2 fully saturated rings. The summed E-state index contributed by atoms with van der Waals surface area (Å²) in [5.41, 5.74) is 3.17. The maximum Gasteiger partial charge on any atom is 0.438 e. The van der Waals surface area contributed by atoms with Gasteiger partial charge in [-0.25, -0.2) is 23.1 Å². The van der Waals surface area contributed by atoms with Gasteiger partial charge in [0.05, 0.1) is 51.2 Å². The zero-order chi connectivity index (χ0) is 48.1. The van der Waals surface area contributed by atoms with Gasteiger partial charge in [-0.2, -0.15) is 10.2 Å². The van der Waals surface area contributed by atoms with Gasteiger partial charge in [0.1, 0.15) is 22.9 Å². The molecule has 1 unspecified atom stereocenters. The molecule has 1 N–H and O–H groups in total. The van der Waals surface area contributed by atoms with Crippen LogP contribution in [0.4, 0.5) is 8.78 Å². The van der Waals surface area contributed by atoms with Crippen molar-refractivity contribution in [2.75, 3.05) is 13.2 Å². The standard InChI is InChI=1S/C52H52F2N10O5/c1-28-20-35(21-29(2)42(28)53)64-45(61-18-17-60(49(61)67)39-13-12-38-36(43(39)54)26-55-59(38)7)41-31(4)62(27-51(44(41)57-64)15-8-9-16-51)46(65)40-23-34-22-32(33-14-19-68-50(5,6)25-33)10-11-37(34)63(40)52(24-30(52)3)47-56-48(66)69-58-47/h8,10-13,15,17-18,20-23,26,30-31,33H,9,14,16,19,24-25,27H2,1-7H3,(H,56,58,66)/t30-,31-,33-,51?,52-/m0/s1. The van der Waals surface area contributed by atoms with Gasteiger partial charge in [0.25, 0.3) is 5.91 Å². The zero-order valence-corrected chi connectivity index (χ0v) is 39.5. The first-order valence-electron chi connectivity index (χ1n) is 23.7. The fourth-order valence-corrected chi connectivity index (χ4v) is 12.0. The molecule has 69 heavy (non-hydrogen) atoms. The summed E-state index contributed by atoms with van der Waals surface area (Å²) in [5.74, 6) is -0.941. The number of imidazole rings is 1. The van der Waals surface area contributed by atoms with Gasteiger partial charge in [0.2, 0.25) is 0 Å². The van der Waals surface area contributed by atoms with Crippen molar-refractivity contribution >= 4 is 27.7 Å². The van der Waals surface area contributed by atoms with Crippen LogP contribution in [-0.2, 0) is 22.7 Å². The number of allylic oxidation sites excluding steroid dienone is 1. The molecule has 354 valence electrons. The molecule has 1 saturated carbocycles. The van der Waals surface area contributed by atoms with Crippen LogP contribution in [0.2, 0.25) is 0 Å². The number of carbonyl (C=O) groups excluding carboxylic acids is 1. The van der Waals surface area contributed by atoms with E-state index in [0.717, 1.165) is 35.7 Å². The molecule has 7 heterocycles. The van der Waals surface area contributed by atoms with Gasteiger partial charge in [-0.1, -0.05) is 30.3 Å². The maximum absolute atomic E-state index is 16.3. The minimum absolute atomic E-state index is 0.0158. The van der Waals surface area contributed by atoms with Crippen molar-refractivity contribution in [2.24, 2.45) is 13.0 Å². The number of nitrogens with one attached hydrogen (secondary N) is 1. The van der Waals surface area contributed by atoms with E-state index in [9.17, 15) is 9.59 Å². The lowest BCUT2D eigenvalue weighted by Crippen LogP contribution is -2.49. The summed E-state index contributed by atoms with van der Waals surface area (Å²) in [6.07, 6.45) is 12.5. The van der Waals surface area contributed by atoms with Crippen LogP contribution in [0.5, 0.6) is 0 Å². The van der Waals surface area contributed by atoms with Crippen molar-refractivity contribution < 1.29 is 22.8 Å². The van der Waals surface area contributed by atoms with Crippen molar-refractivity contribution in [3.63, 3.8) is 0 Å². The highest BCUT2D eigenvalue weighted by atomic mass is 19.1. The summed E-state index contributed by atoms with van der Waals surface area (Å²) in [6.45, 7) is 12.5. The lowest BCUT2D eigenvalue weighted by Gasteiger charge is -2.43. The molecule has 15 nitrogen and oxygen atoms in total. The van der Waals surface area contributed by atoms with Gasteiger partial charge in [0.15, 0.2) is 11.6 Å². The Morgan fingerprint density at radius 3 is 2.39 bits per heavy atom. The van der Waals surface area contributed by atoms with Crippen molar-refractivity contribution in [3.05, 3.63) is 151 Å². The average Bonchev–Trinajstić information content (AvgIpc) is 4.08. The van der Waals surface area contributed by atoms with Gasteiger partial charge >= 0.3 is 11.4 Å².